The molecule has 1 atom stereocenters. The molecule has 1 amide bonds. The number of hydrogen-bond acceptors (Lipinski definition) is 4. The lowest BCUT2D eigenvalue weighted by Gasteiger charge is -2.36. The number of phenolic OH excluding ortho intramolecular Hbond substituents is 1. The molecule has 1 fully saturated rings. The van der Waals surface area contributed by atoms with Crippen molar-refractivity contribution in [1.82, 2.24) is 20.1 Å². The molecule has 0 unspecified atom stereocenters. The van der Waals surface area contributed by atoms with Crippen LogP contribution in [-0.2, 0) is 6.42 Å². The molecule has 1 aromatic heterocycles. The molecular weight excluding hydrogens is 352 g/mol. The Bertz CT molecular complexity index is 939. The molecule has 6 heteroatoms. The molecule has 0 radical (unpaired) electrons. The average Bonchev–Trinajstić information content (AvgIpc) is 3.27. The fourth-order valence-electron chi connectivity index (χ4n) is 3.98. The van der Waals surface area contributed by atoms with E-state index in [0.29, 0.717) is 11.4 Å². The number of nitrogens with zero attached hydrogens (tertiary/aromatic N) is 3. The van der Waals surface area contributed by atoms with Crippen molar-refractivity contribution in [3.8, 4) is 17.1 Å². The first-order valence-corrected chi connectivity index (χ1v) is 9.76. The maximum atomic E-state index is 13.4. The summed E-state index contributed by atoms with van der Waals surface area (Å²) in [6.45, 7) is 0.772. The molecule has 144 valence electrons. The zero-order chi connectivity index (χ0) is 19.3. The predicted molar refractivity (Wildman–Crippen MR) is 107 cm³/mol. The van der Waals surface area contributed by atoms with Gasteiger partial charge in [-0.1, -0.05) is 30.3 Å². The van der Waals surface area contributed by atoms with Crippen LogP contribution in [0.25, 0.3) is 11.4 Å². The van der Waals surface area contributed by atoms with Gasteiger partial charge in [0, 0.05) is 18.2 Å². The third kappa shape index (κ3) is 3.91. The van der Waals surface area contributed by atoms with Crippen LogP contribution in [0.4, 0.5) is 0 Å². The molecule has 28 heavy (non-hydrogen) atoms. The van der Waals surface area contributed by atoms with Crippen LogP contribution in [0.5, 0.6) is 5.75 Å². The lowest BCUT2D eigenvalue weighted by Crippen LogP contribution is -2.44. The number of carbonyl (C=O) groups is 1. The molecular formula is C22H24N4O2. The number of aromatic amines is 1. The lowest BCUT2D eigenvalue weighted by molar-refractivity contribution is 0.0602. The van der Waals surface area contributed by atoms with Crippen LogP contribution >= 0.6 is 0 Å². The highest BCUT2D eigenvalue weighted by molar-refractivity contribution is 6.00. The molecule has 2 N–H and O–H groups in total. The van der Waals surface area contributed by atoms with E-state index in [1.165, 1.54) is 6.33 Å². The van der Waals surface area contributed by atoms with E-state index in [1.807, 2.05) is 41.3 Å². The number of nitrogens with one attached hydrogen (secondary N) is 1. The minimum Gasteiger partial charge on any atom is -0.508 e. The fourth-order valence-corrected chi connectivity index (χ4v) is 3.98. The molecule has 4 rings (SSSR count). The number of likely N-dealkylation sites (tertiary alicyclic amines) is 1. The molecule has 1 saturated heterocycles. The number of aromatic hydroxyl groups is 1. The highest BCUT2D eigenvalue weighted by Gasteiger charge is 2.29. The monoisotopic (exact) mass is 376 g/mol. The Labute approximate surface area is 164 Å². The molecule has 1 aliphatic rings. The van der Waals surface area contributed by atoms with Gasteiger partial charge >= 0.3 is 0 Å². The first-order chi connectivity index (χ1) is 13.7. The van der Waals surface area contributed by atoms with Crippen LogP contribution in [0.15, 0.2) is 54.9 Å². The number of amides is 1. The van der Waals surface area contributed by atoms with Gasteiger partial charge < -0.3 is 10.0 Å². The van der Waals surface area contributed by atoms with Gasteiger partial charge in [0.15, 0.2) is 5.82 Å². The van der Waals surface area contributed by atoms with Crippen molar-refractivity contribution in [2.24, 2.45) is 0 Å². The maximum absolute atomic E-state index is 13.4. The summed E-state index contributed by atoms with van der Waals surface area (Å²) < 4.78 is 0. The third-order valence-corrected chi connectivity index (χ3v) is 5.39. The zero-order valence-corrected chi connectivity index (χ0v) is 15.7. The number of hydrogen-bond donors (Lipinski definition) is 2. The van der Waals surface area contributed by atoms with Crippen LogP contribution in [0.2, 0.25) is 0 Å². The summed E-state index contributed by atoms with van der Waals surface area (Å²) in [7, 11) is 0. The number of benzene rings is 2. The lowest BCUT2D eigenvalue weighted by atomic mass is 9.94. The molecule has 2 aromatic carbocycles. The predicted octanol–water partition coefficient (Wildman–Crippen LogP) is 3.80. The Hall–Kier alpha value is -3.15. The summed E-state index contributed by atoms with van der Waals surface area (Å²) >= 11 is 0. The normalized spacial score (nSPS) is 16.9. The van der Waals surface area contributed by atoms with E-state index in [1.54, 1.807) is 12.1 Å². The molecule has 0 spiro atoms. The summed E-state index contributed by atoms with van der Waals surface area (Å²) in [5.41, 5.74) is 2.53. The summed E-state index contributed by atoms with van der Waals surface area (Å²) in [5.74, 6) is 0.944. The van der Waals surface area contributed by atoms with Crippen molar-refractivity contribution in [2.45, 2.75) is 38.1 Å². The van der Waals surface area contributed by atoms with E-state index < -0.39 is 0 Å². The topological polar surface area (TPSA) is 82.1 Å². The minimum atomic E-state index is 0.0487. The van der Waals surface area contributed by atoms with Gasteiger partial charge in [0.2, 0.25) is 0 Å². The van der Waals surface area contributed by atoms with Crippen molar-refractivity contribution in [3.05, 3.63) is 66.0 Å². The quantitative estimate of drug-likeness (QED) is 0.709. The van der Waals surface area contributed by atoms with E-state index in [4.69, 9.17) is 0 Å². The molecule has 1 aliphatic heterocycles. The SMILES string of the molecule is O=C(c1ccccc1-c1ncn[nH]1)N1CCCC[C@@H]1CCc1cccc(O)c1. The van der Waals surface area contributed by atoms with Gasteiger partial charge in [-0.3, -0.25) is 9.89 Å². The van der Waals surface area contributed by atoms with Gasteiger partial charge in [-0.2, -0.15) is 5.10 Å². The van der Waals surface area contributed by atoms with E-state index in [2.05, 4.69) is 15.2 Å². The summed E-state index contributed by atoms with van der Waals surface area (Å²) in [4.78, 5) is 19.6. The van der Waals surface area contributed by atoms with E-state index >= 15 is 0 Å². The number of carbonyl (C=O) groups excluding carboxylic acids is 1. The van der Waals surface area contributed by atoms with E-state index in [9.17, 15) is 9.90 Å². The van der Waals surface area contributed by atoms with Crippen molar-refractivity contribution in [1.29, 1.82) is 0 Å². The van der Waals surface area contributed by atoms with Crippen LogP contribution in [-0.4, -0.2) is 43.7 Å². The first kappa shape index (κ1) is 18.2. The third-order valence-electron chi connectivity index (χ3n) is 5.39. The Balaban J connectivity index is 1.54. The largest absolute Gasteiger partial charge is 0.508 e. The molecule has 0 aliphatic carbocycles. The van der Waals surface area contributed by atoms with Gasteiger partial charge in [-0.05, 0) is 55.9 Å². The number of aryl methyl sites for hydroxylation is 1. The maximum Gasteiger partial charge on any atom is 0.254 e. The van der Waals surface area contributed by atoms with Crippen molar-refractivity contribution >= 4 is 5.91 Å². The van der Waals surface area contributed by atoms with Crippen LogP contribution in [0, 0.1) is 0 Å². The number of aromatic nitrogens is 3. The Morgan fingerprint density at radius 3 is 2.89 bits per heavy atom. The number of piperidine rings is 1. The highest BCUT2D eigenvalue weighted by Crippen LogP contribution is 2.27. The van der Waals surface area contributed by atoms with Crippen molar-refractivity contribution in [3.63, 3.8) is 0 Å². The van der Waals surface area contributed by atoms with Crippen LogP contribution < -0.4 is 0 Å². The molecule has 0 bridgehead atoms. The summed E-state index contributed by atoms with van der Waals surface area (Å²) in [6.07, 6.45) is 6.36. The molecule has 0 saturated carbocycles. The van der Waals surface area contributed by atoms with Gasteiger partial charge in [-0.25, -0.2) is 4.98 Å². The number of rotatable bonds is 5. The van der Waals surface area contributed by atoms with Crippen LogP contribution in [0.1, 0.15) is 41.6 Å². The first-order valence-electron chi connectivity index (χ1n) is 9.76. The molecule has 3 aromatic rings. The van der Waals surface area contributed by atoms with Crippen molar-refractivity contribution in [2.75, 3.05) is 6.54 Å². The smallest absolute Gasteiger partial charge is 0.254 e. The minimum absolute atomic E-state index is 0.0487. The van der Waals surface area contributed by atoms with Gasteiger partial charge in [0.05, 0.1) is 5.56 Å². The second-order valence-electron chi connectivity index (χ2n) is 7.24. The Morgan fingerprint density at radius 2 is 2.07 bits per heavy atom. The average molecular weight is 376 g/mol. The zero-order valence-electron chi connectivity index (χ0n) is 15.7. The number of phenols is 1. The standard InChI is InChI=1S/C22H24N4O2/c27-18-8-5-6-16(14-18)11-12-17-7-3-4-13-26(17)22(28)20-10-2-1-9-19(20)21-23-15-24-25-21/h1-2,5-6,8-10,14-15,17,27H,3-4,7,11-13H2,(H,23,24,25)/t17-/m1/s1. The van der Waals surface area contributed by atoms with Gasteiger partial charge in [-0.15, -0.1) is 0 Å². The highest BCUT2D eigenvalue weighted by atomic mass is 16.3. The second kappa shape index (κ2) is 8.25. The Kier molecular flexibility index (Phi) is 5.37. The fraction of sp³-hybridized carbons (Fsp3) is 0.318. The summed E-state index contributed by atoms with van der Waals surface area (Å²) in [6, 6.07) is 15.1. The van der Waals surface area contributed by atoms with Gasteiger partial charge in [0.25, 0.3) is 5.91 Å². The summed E-state index contributed by atoms with van der Waals surface area (Å²) in [5, 5.41) is 16.5. The van der Waals surface area contributed by atoms with Crippen molar-refractivity contribution < 1.29 is 9.90 Å². The number of H-pyrrole nitrogens is 1. The second-order valence-corrected chi connectivity index (χ2v) is 7.24. The van der Waals surface area contributed by atoms with E-state index in [0.717, 1.165) is 49.8 Å². The van der Waals surface area contributed by atoms with E-state index in [-0.39, 0.29) is 17.7 Å². The van der Waals surface area contributed by atoms with Crippen LogP contribution in [0.3, 0.4) is 0 Å². The van der Waals surface area contributed by atoms with Gasteiger partial charge in [0.1, 0.15) is 12.1 Å². The molecule has 6 nitrogen and oxygen atoms in total. The Morgan fingerprint density at radius 1 is 1.18 bits per heavy atom. The molecule has 2 heterocycles.